The summed E-state index contributed by atoms with van der Waals surface area (Å²) in [6.45, 7) is 3.64. The number of carbonyl (C=O) groups is 2. The molecule has 4 rings (SSSR count). The summed E-state index contributed by atoms with van der Waals surface area (Å²) in [6.07, 6.45) is 1.15. The van der Waals surface area contributed by atoms with E-state index in [9.17, 15) is 18.0 Å². The number of nitrogens with zero attached hydrogens (tertiary/aromatic N) is 3. The number of aromatic nitrogens is 2. The van der Waals surface area contributed by atoms with E-state index in [-0.39, 0.29) is 18.1 Å². The van der Waals surface area contributed by atoms with Gasteiger partial charge in [0.25, 0.3) is 15.9 Å². The number of esters is 1. The minimum atomic E-state index is -3.72. The summed E-state index contributed by atoms with van der Waals surface area (Å²) in [5, 5.41) is 4.73. The van der Waals surface area contributed by atoms with Crippen LogP contribution in [0.25, 0.3) is 10.8 Å². The number of sulfonamides is 1. The predicted molar refractivity (Wildman–Crippen MR) is 128 cm³/mol. The van der Waals surface area contributed by atoms with Gasteiger partial charge in [-0.05, 0) is 38.1 Å². The van der Waals surface area contributed by atoms with Crippen molar-refractivity contribution >= 4 is 38.4 Å². The largest absolute Gasteiger partial charge is 0.452 e. The molecule has 9 nitrogen and oxygen atoms in total. The van der Waals surface area contributed by atoms with E-state index in [2.05, 4.69) is 10.3 Å². The van der Waals surface area contributed by atoms with Crippen LogP contribution in [0.1, 0.15) is 25.6 Å². The number of imidazole rings is 1. The molecule has 1 atom stereocenters. The number of anilines is 1. The lowest BCUT2D eigenvalue weighted by molar-refractivity contribution is -0.158. The number of piperidine rings is 1. The minimum absolute atomic E-state index is 0.00672. The summed E-state index contributed by atoms with van der Waals surface area (Å²) >= 11 is 0. The van der Waals surface area contributed by atoms with Gasteiger partial charge >= 0.3 is 5.97 Å². The summed E-state index contributed by atoms with van der Waals surface area (Å²) in [5.41, 5.74) is 0.647. The number of nitrogens with one attached hydrogen (secondary N) is 1. The third-order valence-electron chi connectivity index (χ3n) is 6.19. The summed E-state index contributed by atoms with van der Waals surface area (Å²) in [4.78, 5) is 29.4. The lowest BCUT2D eigenvalue weighted by Gasteiger charge is -2.30. The molecule has 0 radical (unpaired) electrons. The van der Waals surface area contributed by atoms with Crippen LogP contribution >= 0.6 is 0 Å². The van der Waals surface area contributed by atoms with Crippen LogP contribution < -0.4 is 5.32 Å². The Balaban J connectivity index is 1.33. The monoisotopic (exact) mass is 484 g/mol. The van der Waals surface area contributed by atoms with Gasteiger partial charge in [-0.25, -0.2) is 13.4 Å². The molecule has 2 heterocycles. The van der Waals surface area contributed by atoms with Crippen LogP contribution in [0.3, 0.4) is 0 Å². The fraction of sp³-hybridized carbons (Fsp3) is 0.375. The fourth-order valence-corrected chi connectivity index (χ4v) is 5.50. The van der Waals surface area contributed by atoms with E-state index in [0.717, 1.165) is 10.8 Å². The molecule has 0 spiro atoms. The highest BCUT2D eigenvalue weighted by atomic mass is 32.2. The number of aryl methyl sites for hydroxylation is 2. The molecule has 180 valence electrons. The maximum atomic E-state index is 12.8. The molecule has 0 aliphatic carbocycles. The first-order chi connectivity index (χ1) is 16.2. The molecule has 1 fully saturated rings. The molecule has 3 aromatic rings. The van der Waals surface area contributed by atoms with E-state index in [0.29, 0.717) is 24.4 Å². The van der Waals surface area contributed by atoms with E-state index < -0.39 is 33.9 Å². The molecular formula is C24H28N4O5S. The number of amides is 1. The molecule has 1 N–H and O–H groups in total. The van der Waals surface area contributed by atoms with Crippen LogP contribution in [-0.2, 0) is 31.4 Å². The van der Waals surface area contributed by atoms with Crippen LogP contribution in [-0.4, -0.2) is 53.3 Å². The Labute approximate surface area is 198 Å². The molecule has 1 aliphatic heterocycles. The number of benzene rings is 2. The van der Waals surface area contributed by atoms with E-state index in [4.69, 9.17) is 4.74 Å². The maximum Gasteiger partial charge on any atom is 0.309 e. The molecule has 0 saturated carbocycles. The molecule has 1 aliphatic rings. The highest BCUT2D eigenvalue weighted by molar-refractivity contribution is 7.89. The number of carbonyl (C=O) groups excluding carboxylic acids is 2. The predicted octanol–water partition coefficient (Wildman–Crippen LogP) is 2.85. The van der Waals surface area contributed by atoms with Crippen molar-refractivity contribution in [2.45, 2.75) is 37.8 Å². The zero-order valence-corrected chi connectivity index (χ0v) is 20.2. The van der Waals surface area contributed by atoms with Crippen molar-refractivity contribution in [3.05, 3.63) is 54.5 Å². The van der Waals surface area contributed by atoms with Gasteiger partial charge in [-0.3, -0.25) is 9.59 Å². The second-order valence-electron chi connectivity index (χ2n) is 8.51. The number of hydrogen-bond acceptors (Lipinski definition) is 6. The van der Waals surface area contributed by atoms with Gasteiger partial charge in [-0.2, -0.15) is 4.31 Å². The van der Waals surface area contributed by atoms with Crippen molar-refractivity contribution in [1.29, 1.82) is 0 Å². The SMILES string of the molecule is Cc1nc(S(=O)(=O)N2CCC(C(=O)OC(C)C(=O)Nc3cccc4ccccc34)CC2)cn1C. The third-order valence-corrected chi connectivity index (χ3v) is 7.96. The molecule has 0 bridgehead atoms. The quantitative estimate of drug-likeness (QED) is 0.539. The van der Waals surface area contributed by atoms with Crippen molar-refractivity contribution in [3.63, 3.8) is 0 Å². The molecule has 10 heteroatoms. The first-order valence-electron chi connectivity index (χ1n) is 11.2. The average Bonchev–Trinajstić information content (AvgIpc) is 3.18. The van der Waals surface area contributed by atoms with Crippen molar-refractivity contribution in [2.75, 3.05) is 18.4 Å². The van der Waals surface area contributed by atoms with Crippen molar-refractivity contribution in [1.82, 2.24) is 13.9 Å². The number of fused-ring (bicyclic) bond motifs is 1. The Hall–Kier alpha value is -3.24. The Morgan fingerprint density at radius 1 is 1.12 bits per heavy atom. The topological polar surface area (TPSA) is 111 Å². The Kier molecular flexibility index (Phi) is 6.72. The van der Waals surface area contributed by atoms with Gasteiger partial charge in [0, 0.05) is 37.4 Å². The molecule has 1 saturated heterocycles. The summed E-state index contributed by atoms with van der Waals surface area (Å²) < 4.78 is 34.1. The maximum absolute atomic E-state index is 12.8. The Bertz CT molecular complexity index is 1300. The van der Waals surface area contributed by atoms with Gasteiger partial charge in [0.2, 0.25) is 0 Å². The number of hydrogen-bond donors (Lipinski definition) is 1. The van der Waals surface area contributed by atoms with Gasteiger partial charge in [0.05, 0.1) is 5.92 Å². The lowest BCUT2D eigenvalue weighted by atomic mass is 9.98. The highest BCUT2D eigenvalue weighted by Crippen LogP contribution is 2.26. The first-order valence-corrected chi connectivity index (χ1v) is 12.6. The molecule has 1 unspecified atom stereocenters. The fourth-order valence-electron chi connectivity index (χ4n) is 4.01. The van der Waals surface area contributed by atoms with Crippen LogP contribution in [0.15, 0.2) is 53.7 Å². The van der Waals surface area contributed by atoms with E-state index in [1.165, 1.54) is 17.4 Å². The van der Waals surface area contributed by atoms with Gasteiger partial charge in [0.15, 0.2) is 11.1 Å². The zero-order chi connectivity index (χ0) is 24.5. The van der Waals surface area contributed by atoms with E-state index in [1.807, 2.05) is 36.4 Å². The summed E-state index contributed by atoms with van der Waals surface area (Å²) in [5.74, 6) is -0.779. The third kappa shape index (κ3) is 4.83. The van der Waals surface area contributed by atoms with Gasteiger partial charge in [0.1, 0.15) is 5.82 Å². The van der Waals surface area contributed by atoms with E-state index in [1.54, 1.807) is 24.6 Å². The van der Waals surface area contributed by atoms with Gasteiger partial charge < -0.3 is 14.6 Å². The normalized spacial score (nSPS) is 16.3. The number of rotatable bonds is 6. The molecule has 1 aromatic heterocycles. The zero-order valence-electron chi connectivity index (χ0n) is 19.4. The van der Waals surface area contributed by atoms with Crippen molar-refractivity contribution in [3.8, 4) is 0 Å². The Morgan fingerprint density at radius 3 is 2.47 bits per heavy atom. The van der Waals surface area contributed by atoms with Gasteiger partial charge in [-0.15, -0.1) is 0 Å². The molecule has 1 amide bonds. The second kappa shape index (κ2) is 9.55. The lowest BCUT2D eigenvalue weighted by Crippen LogP contribution is -2.41. The van der Waals surface area contributed by atoms with Crippen LogP contribution in [0, 0.1) is 12.8 Å². The van der Waals surface area contributed by atoms with Crippen LogP contribution in [0.5, 0.6) is 0 Å². The van der Waals surface area contributed by atoms with Crippen LogP contribution in [0.2, 0.25) is 0 Å². The summed E-state index contributed by atoms with van der Waals surface area (Å²) in [6, 6.07) is 13.3. The average molecular weight is 485 g/mol. The molecule has 34 heavy (non-hydrogen) atoms. The number of ether oxygens (including phenoxy) is 1. The van der Waals surface area contributed by atoms with E-state index >= 15 is 0 Å². The summed E-state index contributed by atoms with van der Waals surface area (Å²) in [7, 11) is -1.98. The minimum Gasteiger partial charge on any atom is -0.452 e. The van der Waals surface area contributed by atoms with Gasteiger partial charge in [-0.1, -0.05) is 36.4 Å². The molecular weight excluding hydrogens is 456 g/mol. The first kappa shape index (κ1) is 23.9. The van der Waals surface area contributed by atoms with Crippen LogP contribution in [0.4, 0.5) is 5.69 Å². The molecule has 2 aromatic carbocycles. The standard InChI is InChI=1S/C24H28N4O5S/c1-16(23(29)26-21-10-6-8-18-7-4-5-9-20(18)21)33-24(30)19-11-13-28(14-12-19)34(31,32)22-15-27(3)17(2)25-22/h4-10,15-16,19H,11-14H2,1-3H3,(H,26,29). The highest BCUT2D eigenvalue weighted by Gasteiger charge is 2.35. The van der Waals surface area contributed by atoms with Crippen molar-refractivity contribution < 1.29 is 22.7 Å². The smallest absolute Gasteiger partial charge is 0.309 e. The Morgan fingerprint density at radius 2 is 1.79 bits per heavy atom. The van der Waals surface area contributed by atoms with Crippen molar-refractivity contribution in [2.24, 2.45) is 13.0 Å². The second-order valence-corrected chi connectivity index (χ2v) is 10.4.